The monoisotopic (exact) mass is 345 g/mol. The molecule has 0 saturated heterocycles. The maximum Gasteiger partial charge on any atom is 0.233 e. The zero-order valence-corrected chi connectivity index (χ0v) is 15.5. The highest BCUT2D eigenvalue weighted by atomic mass is 32.2. The Morgan fingerprint density at radius 2 is 1.75 bits per heavy atom. The molecule has 5 nitrogen and oxygen atoms in total. The first kappa shape index (κ1) is 18.3. The second kappa shape index (κ2) is 8.15. The van der Waals surface area contributed by atoms with Crippen LogP contribution >= 0.6 is 11.8 Å². The van der Waals surface area contributed by atoms with Gasteiger partial charge in [-0.2, -0.15) is 0 Å². The van der Waals surface area contributed by atoms with Crippen LogP contribution in [0.4, 0.5) is 0 Å². The molecule has 1 aromatic heterocycles. The fourth-order valence-corrected chi connectivity index (χ4v) is 2.97. The van der Waals surface area contributed by atoms with E-state index in [9.17, 15) is 4.79 Å². The predicted octanol–water partition coefficient (Wildman–Crippen LogP) is 3.21. The number of hydrogen-bond donors (Lipinski definition) is 1. The number of nitrogens with zero attached hydrogens (tertiary/aromatic N) is 2. The van der Waals surface area contributed by atoms with Crippen LogP contribution in [0.5, 0.6) is 5.75 Å². The van der Waals surface area contributed by atoms with Crippen molar-refractivity contribution in [1.82, 2.24) is 15.3 Å². The minimum atomic E-state index is -0.259. The van der Waals surface area contributed by atoms with Gasteiger partial charge in [0.2, 0.25) is 5.91 Å². The molecule has 0 bridgehead atoms. The molecular weight excluding hydrogens is 322 g/mol. The van der Waals surface area contributed by atoms with Crippen molar-refractivity contribution in [3.63, 3.8) is 0 Å². The number of carbonyl (C=O) groups excluding carboxylic acids is 1. The van der Waals surface area contributed by atoms with Crippen molar-refractivity contribution < 1.29 is 9.53 Å². The number of methoxy groups -OCH3 is 1. The molecule has 1 N–H and O–H groups in total. The largest absolute Gasteiger partial charge is 0.497 e. The van der Waals surface area contributed by atoms with Crippen molar-refractivity contribution in [2.45, 2.75) is 44.6 Å². The molecule has 24 heavy (non-hydrogen) atoms. The molecule has 1 heterocycles. The molecule has 0 spiro atoms. The van der Waals surface area contributed by atoms with E-state index in [4.69, 9.17) is 4.74 Å². The minimum Gasteiger partial charge on any atom is -0.497 e. The highest BCUT2D eigenvalue weighted by molar-refractivity contribution is 8.00. The first-order chi connectivity index (χ1) is 11.4. The number of carbonyl (C=O) groups is 1. The molecular formula is C18H23N3O2S. The number of aromatic nitrogens is 2. The molecule has 0 aliphatic carbocycles. The van der Waals surface area contributed by atoms with E-state index in [0.717, 1.165) is 28.3 Å². The quantitative estimate of drug-likeness (QED) is 0.643. The third-order valence-corrected chi connectivity index (χ3v) is 4.85. The molecule has 6 heteroatoms. The number of aryl methyl sites for hydroxylation is 2. The van der Waals surface area contributed by atoms with Gasteiger partial charge in [-0.05, 0) is 51.0 Å². The molecule has 2 rings (SSSR count). The minimum absolute atomic E-state index is 0.0321. The summed E-state index contributed by atoms with van der Waals surface area (Å²) in [6.07, 6.45) is 0. The van der Waals surface area contributed by atoms with E-state index in [1.807, 2.05) is 52.0 Å². The summed E-state index contributed by atoms with van der Waals surface area (Å²) in [5, 5.41) is 3.32. The smallest absolute Gasteiger partial charge is 0.233 e. The third-order valence-electron chi connectivity index (χ3n) is 3.89. The average Bonchev–Trinajstić information content (AvgIpc) is 2.57. The van der Waals surface area contributed by atoms with Gasteiger partial charge < -0.3 is 10.1 Å². The van der Waals surface area contributed by atoms with Gasteiger partial charge >= 0.3 is 0 Å². The standard InChI is InChI=1S/C18H23N3O2S/c1-11-12(2)20-18(21-13(11)3)24-14(4)17(22)19-10-15-6-8-16(23-5)9-7-15/h6-9,14H,10H2,1-5H3,(H,19,22). The van der Waals surface area contributed by atoms with Crippen LogP contribution in [0.2, 0.25) is 0 Å². The SMILES string of the molecule is COc1ccc(CNC(=O)C(C)Sc2nc(C)c(C)c(C)n2)cc1. The van der Waals surface area contributed by atoms with Crippen LogP contribution in [-0.2, 0) is 11.3 Å². The van der Waals surface area contributed by atoms with Gasteiger partial charge in [0.05, 0.1) is 12.4 Å². The summed E-state index contributed by atoms with van der Waals surface area (Å²) in [5.74, 6) is 0.770. The van der Waals surface area contributed by atoms with Gasteiger partial charge in [0, 0.05) is 17.9 Å². The fourth-order valence-electron chi connectivity index (χ4n) is 2.08. The summed E-state index contributed by atoms with van der Waals surface area (Å²) in [6, 6.07) is 7.64. The van der Waals surface area contributed by atoms with E-state index in [1.165, 1.54) is 11.8 Å². The predicted molar refractivity (Wildman–Crippen MR) is 96.4 cm³/mol. The van der Waals surface area contributed by atoms with Crippen LogP contribution in [-0.4, -0.2) is 28.2 Å². The summed E-state index contributed by atoms with van der Waals surface area (Å²) in [4.78, 5) is 21.2. The van der Waals surface area contributed by atoms with E-state index in [0.29, 0.717) is 11.7 Å². The number of amides is 1. The second-order valence-corrected chi connectivity index (χ2v) is 6.94. The van der Waals surface area contributed by atoms with Crippen LogP contribution in [0.1, 0.15) is 29.4 Å². The second-order valence-electron chi connectivity index (χ2n) is 5.63. The Morgan fingerprint density at radius 1 is 1.17 bits per heavy atom. The Morgan fingerprint density at radius 3 is 2.29 bits per heavy atom. The van der Waals surface area contributed by atoms with Gasteiger partial charge in [-0.15, -0.1) is 0 Å². The van der Waals surface area contributed by atoms with Crippen LogP contribution in [0.25, 0.3) is 0 Å². The summed E-state index contributed by atoms with van der Waals surface area (Å²) in [7, 11) is 1.63. The van der Waals surface area contributed by atoms with Crippen molar-refractivity contribution in [3.8, 4) is 5.75 Å². The van der Waals surface area contributed by atoms with Gasteiger partial charge in [-0.25, -0.2) is 9.97 Å². The fraction of sp³-hybridized carbons (Fsp3) is 0.389. The highest BCUT2D eigenvalue weighted by Crippen LogP contribution is 2.22. The van der Waals surface area contributed by atoms with Crippen LogP contribution in [0.15, 0.2) is 29.4 Å². The number of ether oxygens (including phenoxy) is 1. The van der Waals surface area contributed by atoms with Crippen LogP contribution in [0, 0.1) is 20.8 Å². The van der Waals surface area contributed by atoms with Crippen molar-refractivity contribution in [1.29, 1.82) is 0 Å². The van der Waals surface area contributed by atoms with Crippen molar-refractivity contribution in [2.24, 2.45) is 0 Å². The Bertz CT molecular complexity index is 694. The van der Waals surface area contributed by atoms with Crippen LogP contribution < -0.4 is 10.1 Å². The molecule has 128 valence electrons. The third kappa shape index (κ3) is 4.71. The number of nitrogens with one attached hydrogen (secondary N) is 1. The summed E-state index contributed by atoms with van der Waals surface area (Å²) in [5.41, 5.74) is 4.03. The highest BCUT2D eigenvalue weighted by Gasteiger charge is 2.16. The molecule has 0 fully saturated rings. The van der Waals surface area contributed by atoms with E-state index >= 15 is 0 Å². The Hall–Kier alpha value is -2.08. The Kier molecular flexibility index (Phi) is 6.20. The number of hydrogen-bond acceptors (Lipinski definition) is 5. The lowest BCUT2D eigenvalue weighted by Gasteiger charge is -2.13. The van der Waals surface area contributed by atoms with E-state index < -0.39 is 0 Å². The number of thioether (sulfide) groups is 1. The molecule has 0 aliphatic heterocycles. The van der Waals surface area contributed by atoms with Gasteiger partial charge in [-0.3, -0.25) is 4.79 Å². The molecule has 2 aromatic rings. The molecule has 1 aromatic carbocycles. The molecule has 0 aliphatic rings. The lowest BCUT2D eigenvalue weighted by Crippen LogP contribution is -2.30. The lowest BCUT2D eigenvalue weighted by molar-refractivity contribution is -0.120. The molecule has 0 saturated carbocycles. The normalized spacial score (nSPS) is 11.9. The van der Waals surface area contributed by atoms with E-state index in [1.54, 1.807) is 7.11 Å². The summed E-state index contributed by atoms with van der Waals surface area (Å²) in [6.45, 7) is 8.28. The van der Waals surface area contributed by atoms with Gasteiger partial charge in [0.25, 0.3) is 0 Å². The first-order valence-corrected chi connectivity index (χ1v) is 8.67. The lowest BCUT2D eigenvalue weighted by atomic mass is 10.2. The van der Waals surface area contributed by atoms with E-state index in [-0.39, 0.29) is 11.2 Å². The van der Waals surface area contributed by atoms with Crippen molar-refractivity contribution in [3.05, 3.63) is 46.8 Å². The Balaban J connectivity index is 1.92. The van der Waals surface area contributed by atoms with Gasteiger partial charge in [0.15, 0.2) is 5.16 Å². The zero-order chi connectivity index (χ0) is 17.7. The molecule has 1 atom stereocenters. The average molecular weight is 345 g/mol. The molecule has 1 amide bonds. The zero-order valence-electron chi connectivity index (χ0n) is 14.7. The molecule has 1 unspecified atom stereocenters. The van der Waals surface area contributed by atoms with E-state index in [2.05, 4.69) is 15.3 Å². The maximum absolute atomic E-state index is 12.3. The number of rotatable bonds is 6. The molecule has 0 radical (unpaired) electrons. The van der Waals surface area contributed by atoms with Gasteiger partial charge in [-0.1, -0.05) is 23.9 Å². The van der Waals surface area contributed by atoms with Crippen molar-refractivity contribution in [2.75, 3.05) is 7.11 Å². The topological polar surface area (TPSA) is 64.1 Å². The summed E-state index contributed by atoms with van der Waals surface area (Å²) >= 11 is 1.38. The van der Waals surface area contributed by atoms with Crippen LogP contribution in [0.3, 0.4) is 0 Å². The van der Waals surface area contributed by atoms with Crippen molar-refractivity contribution >= 4 is 17.7 Å². The van der Waals surface area contributed by atoms with Gasteiger partial charge in [0.1, 0.15) is 5.75 Å². The summed E-state index contributed by atoms with van der Waals surface area (Å²) < 4.78 is 5.12. The first-order valence-electron chi connectivity index (χ1n) is 7.80. The Labute approximate surface area is 147 Å². The number of benzene rings is 1. The maximum atomic E-state index is 12.3.